The van der Waals surface area contributed by atoms with E-state index in [-0.39, 0.29) is 31.2 Å². The summed E-state index contributed by atoms with van der Waals surface area (Å²) in [6.07, 6.45) is -2.73. The smallest absolute Gasteiger partial charge is 0.352 e. The molecular weight excluding hydrogens is 419 g/mol. The number of nitrogens with one attached hydrogen (secondary N) is 1. The molecule has 2 amide bonds. The number of carbonyl (C=O) groups excluding carboxylic acids is 2. The monoisotopic (exact) mass is 445 g/mol. The first-order chi connectivity index (χ1) is 14.2. The Morgan fingerprint density at radius 3 is 2.37 bits per heavy atom. The van der Waals surface area contributed by atoms with Gasteiger partial charge in [-0.25, -0.2) is 0 Å². The van der Waals surface area contributed by atoms with E-state index in [0.717, 1.165) is 5.56 Å². The number of halogens is 4. The van der Waals surface area contributed by atoms with Gasteiger partial charge in [-0.05, 0) is 37.0 Å². The average molecular weight is 446 g/mol. The lowest BCUT2D eigenvalue weighted by Crippen LogP contribution is -2.52. The van der Waals surface area contributed by atoms with E-state index in [0.29, 0.717) is 50.5 Å². The highest BCUT2D eigenvalue weighted by atomic mass is 35.5. The van der Waals surface area contributed by atoms with E-state index in [9.17, 15) is 22.8 Å². The second-order valence-corrected chi connectivity index (χ2v) is 8.57. The number of rotatable bonds is 5. The van der Waals surface area contributed by atoms with E-state index < -0.39 is 18.1 Å². The second-order valence-electron chi connectivity index (χ2n) is 8.13. The minimum atomic E-state index is -4.20. The molecule has 2 aliphatic rings. The maximum atomic E-state index is 12.9. The zero-order chi connectivity index (χ0) is 21.7. The number of alkyl halides is 3. The molecule has 30 heavy (non-hydrogen) atoms. The van der Waals surface area contributed by atoms with Crippen LogP contribution in [0.3, 0.4) is 0 Å². The van der Waals surface area contributed by atoms with Crippen molar-refractivity contribution in [2.75, 3.05) is 32.7 Å². The number of nitrogens with zero attached hydrogens (tertiary/aromatic N) is 2. The number of piperazine rings is 1. The molecule has 9 heteroatoms. The molecule has 1 aromatic carbocycles. The predicted octanol–water partition coefficient (Wildman–Crippen LogP) is 3.26. The van der Waals surface area contributed by atoms with Crippen molar-refractivity contribution >= 4 is 23.4 Å². The molecule has 1 saturated carbocycles. The maximum Gasteiger partial charge on any atom is 0.391 e. The van der Waals surface area contributed by atoms with Crippen LogP contribution >= 0.6 is 11.6 Å². The average Bonchev–Trinajstić information content (AvgIpc) is 2.70. The lowest BCUT2D eigenvalue weighted by Gasteiger charge is -2.35. The molecular formula is C21H27ClF3N3O2. The van der Waals surface area contributed by atoms with Gasteiger partial charge in [-0.2, -0.15) is 13.2 Å². The zero-order valence-electron chi connectivity index (χ0n) is 16.8. The highest BCUT2D eigenvalue weighted by Crippen LogP contribution is 2.37. The fraction of sp³-hybridized carbons (Fsp3) is 0.619. The number of benzene rings is 1. The Hall–Kier alpha value is -1.80. The van der Waals surface area contributed by atoms with Gasteiger partial charge in [0.1, 0.15) is 0 Å². The van der Waals surface area contributed by atoms with Crippen LogP contribution in [0, 0.1) is 5.92 Å². The van der Waals surface area contributed by atoms with E-state index in [1.165, 1.54) is 0 Å². The third kappa shape index (κ3) is 6.60. The van der Waals surface area contributed by atoms with Crippen LogP contribution in [0.2, 0.25) is 5.02 Å². The molecule has 2 atom stereocenters. The molecule has 1 N–H and O–H groups in total. The normalized spacial score (nSPS) is 23.3. The number of amides is 2. The largest absolute Gasteiger partial charge is 0.391 e. The quantitative estimate of drug-likeness (QED) is 0.757. The van der Waals surface area contributed by atoms with Crippen LogP contribution < -0.4 is 5.32 Å². The van der Waals surface area contributed by atoms with Crippen LogP contribution in [0.1, 0.15) is 31.2 Å². The maximum absolute atomic E-state index is 12.9. The Bertz CT molecular complexity index is 734. The van der Waals surface area contributed by atoms with E-state index in [1.807, 2.05) is 17.0 Å². The Labute approximate surface area is 179 Å². The van der Waals surface area contributed by atoms with Gasteiger partial charge in [-0.3, -0.25) is 14.5 Å². The molecule has 0 aromatic heterocycles. The molecule has 1 aliphatic heterocycles. The molecule has 3 rings (SSSR count). The van der Waals surface area contributed by atoms with Gasteiger partial charge in [0.05, 0.1) is 18.9 Å². The van der Waals surface area contributed by atoms with Crippen molar-refractivity contribution in [1.29, 1.82) is 0 Å². The van der Waals surface area contributed by atoms with Crippen LogP contribution in [-0.2, 0) is 16.0 Å². The minimum Gasteiger partial charge on any atom is -0.352 e. The van der Waals surface area contributed by atoms with E-state index >= 15 is 0 Å². The third-order valence-corrected chi connectivity index (χ3v) is 6.12. The highest BCUT2D eigenvalue weighted by molar-refractivity contribution is 6.30. The summed E-state index contributed by atoms with van der Waals surface area (Å²) in [5.41, 5.74) is 0.899. The van der Waals surface area contributed by atoms with Gasteiger partial charge in [0.2, 0.25) is 11.8 Å². The van der Waals surface area contributed by atoms with Crippen LogP contribution in [0.25, 0.3) is 0 Å². The van der Waals surface area contributed by atoms with Gasteiger partial charge in [0.25, 0.3) is 0 Å². The summed E-state index contributed by atoms with van der Waals surface area (Å²) in [6.45, 7) is 2.33. The molecule has 5 nitrogen and oxygen atoms in total. The molecule has 2 unspecified atom stereocenters. The van der Waals surface area contributed by atoms with Crippen LogP contribution in [-0.4, -0.2) is 66.6 Å². The molecule has 0 bridgehead atoms. The minimum absolute atomic E-state index is 0.0295. The van der Waals surface area contributed by atoms with Crippen molar-refractivity contribution in [2.45, 2.75) is 44.3 Å². The topological polar surface area (TPSA) is 52.7 Å². The van der Waals surface area contributed by atoms with Crippen molar-refractivity contribution in [3.63, 3.8) is 0 Å². The number of hydrogen-bond acceptors (Lipinski definition) is 3. The van der Waals surface area contributed by atoms with E-state index in [2.05, 4.69) is 5.32 Å². The van der Waals surface area contributed by atoms with Crippen molar-refractivity contribution in [3.05, 3.63) is 34.9 Å². The summed E-state index contributed by atoms with van der Waals surface area (Å²) in [6, 6.07) is 6.75. The van der Waals surface area contributed by atoms with Gasteiger partial charge in [0.15, 0.2) is 0 Å². The first-order valence-electron chi connectivity index (χ1n) is 10.3. The molecule has 1 saturated heterocycles. The summed E-state index contributed by atoms with van der Waals surface area (Å²) in [7, 11) is 0. The first-order valence-corrected chi connectivity index (χ1v) is 10.7. The standard InChI is InChI=1S/C21H27ClF3N3O2/c22-17-6-4-15(5-7-17)12-20(30)28-10-8-27(9-11-28)14-19(29)26-18-3-1-2-16(13-18)21(23,24)25/h4-7,16,18H,1-3,8-14H2,(H,26,29). The van der Waals surface area contributed by atoms with Crippen molar-refractivity contribution in [2.24, 2.45) is 5.92 Å². The summed E-state index contributed by atoms with van der Waals surface area (Å²) < 4.78 is 38.8. The Kier molecular flexibility index (Phi) is 7.63. The predicted molar refractivity (Wildman–Crippen MR) is 108 cm³/mol. The van der Waals surface area contributed by atoms with Gasteiger partial charge in [-0.15, -0.1) is 0 Å². The van der Waals surface area contributed by atoms with Gasteiger partial charge < -0.3 is 10.2 Å². The fourth-order valence-electron chi connectivity index (χ4n) is 4.14. The molecule has 1 aliphatic carbocycles. The highest BCUT2D eigenvalue weighted by Gasteiger charge is 2.42. The van der Waals surface area contributed by atoms with Crippen molar-refractivity contribution in [1.82, 2.24) is 15.1 Å². The van der Waals surface area contributed by atoms with Crippen molar-refractivity contribution in [3.8, 4) is 0 Å². The molecule has 166 valence electrons. The van der Waals surface area contributed by atoms with E-state index in [1.54, 1.807) is 17.0 Å². The Balaban J connectivity index is 1.39. The summed E-state index contributed by atoms with van der Waals surface area (Å²) in [5, 5.41) is 3.39. The van der Waals surface area contributed by atoms with Crippen LogP contribution in [0.4, 0.5) is 13.2 Å². The number of hydrogen-bond donors (Lipinski definition) is 1. The second kappa shape index (κ2) is 10.0. The van der Waals surface area contributed by atoms with Gasteiger partial charge in [0, 0.05) is 37.2 Å². The fourth-order valence-corrected chi connectivity index (χ4v) is 4.26. The Morgan fingerprint density at radius 2 is 1.73 bits per heavy atom. The van der Waals surface area contributed by atoms with Gasteiger partial charge >= 0.3 is 6.18 Å². The summed E-state index contributed by atoms with van der Waals surface area (Å²) >= 11 is 5.86. The molecule has 0 radical (unpaired) electrons. The Morgan fingerprint density at radius 1 is 1.07 bits per heavy atom. The molecule has 1 heterocycles. The summed E-state index contributed by atoms with van der Waals surface area (Å²) in [4.78, 5) is 28.5. The summed E-state index contributed by atoms with van der Waals surface area (Å²) in [5.74, 6) is -1.54. The number of carbonyl (C=O) groups is 2. The van der Waals surface area contributed by atoms with Gasteiger partial charge in [-0.1, -0.05) is 30.2 Å². The SMILES string of the molecule is O=C(CN1CCN(C(=O)Cc2ccc(Cl)cc2)CC1)NC1CCCC(C(F)(F)F)C1. The molecule has 1 aromatic rings. The van der Waals surface area contributed by atoms with Crippen molar-refractivity contribution < 1.29 is 22.8 Å². The first kappa shape index (κ1) is 22.9. The van der Waals surface area contributed by atoms with Crippen LogP contribution in [0.5, 0.6) is 0 Å². The third-order valence-electron chi connectivity index (χ3n) is 5.86. The lowest BCUT2D eigenvalue weighted by atomic mass is 9.85. The zero-order valence-corrected chi connectivity index (χ0v) is 17.5. The lowest BCUT2D eigenvalue weighted by molar-refractivity contribution is -0.184. The van der Waals surface area contributed by atoms with E-state index in [4.69, 9.17) is 11.6 Å². The van der Waals surface area contributed by atoms with Crippen LogP contribution in [0.15, 0.2) is 24.3 Å². The molecule has 0 spiro atoms. The molecule has 2 fully saturated rings.